The summed E-state index contributed by atoms with van der Waals surface area (Å²) in [6.45, 7) is 4.24. The first-order valence-electron chi connectivity index (χ1n) is 7.18. The zero-order valence-corrected chi connectivity index (χ0v) is 13.5. The number of hydrogen-bond donors (Lipinski definition) is 3. The molecule has 4 heteroatoms. The van der Waals surface area contributed by atoms with Crippen molar-refractivity contribution < 1.29 is 10.2 Å². The fourth-order valence-corrected chi connectivity index (χ4v) is 3.29. The van der Waals surface area contributed by atoms with E-state index in [0.29, 0.717) is 5.75 Å². The second kappa shape index (κ2) is 7.16. The van der Waals surface area contributed by atoms with E-state index in [-0.39, 0.29) is 23.9 Å². The Labute approximate surface area is 130 Å². The summed E-state index contributed by atoms with van der Waals surface area (Å²) in [5.74, 6) is 0.338. The second-order valence-corrected chi connectivity index (χ2v) is 6.44. The van der Waals surface area contributed by atoms with Crippen molar-refractivity contribution in [1.82, 2.24) is 5.32 Å². The van der Waals surface area contributed by atoms with Crippen LogP contribution in [0, 0.1) is 0 Å². The number of aliphatic hydroxyl groups excluding tert-OH is 1. The van der Waals surface area contributed by atoms with Gasteiger partial charge in [-0.3, -0.25) is 0 Å². The first-order chi connectivity index (χ1) is 10.1. The van der Waals surface area contributed by atoms with Gasteiger partial charge in [-0.25, -0.2) is 0 Å². The SMILES string of the molecule is CSC(CO)C(C)NC(C)c1ccc2ccccc2c1O. The lowest BCUT2D eigenvalue weighted by atomic mass is 10.0. The molecule has 3 unspecified atom stereocenters. The summed E-state index contributed by atoms with van der Waals surface area (Å²) in [5.41, 5.74) is 0.887. The van der Waals surface area contributed by atoms with Gasteiger partial charge in [-0.15, -0.1) is 0 Å². The Morgan fingerprint density at radius 3 is 2.52 bits per heavy atom. The molecule has 0 spiro atoms. The average Bonchev–Trinajstić information content (AvgIpc) is 2.49. The summed E-state index contributed by atoms with van der Waals surface area (Å²) >= 11 is 1.65. The molecule has 21 heavy (non-hydrogen) atoms. The van der Waals surface area contributed by atoms with Crippen LogP contribution in [0.3, 0.4) is 0 Å². The quantitative estimate of drug-likeness (QED) is 0.766. The van der Waals surface area contributed by atoms with E-state index in [0.717, 1.165) is 16.3 Å². The van der Waals surface area contributed by atoms with Crippen LogP contribution in [0.15, 0.2) is 36.4 Å². The third-order valence-corrected chi connectivity index (χ3v) is 5.11. The Balaban J connectivity index is 2.23. The minimum absolute atomic E-state index is 0.0193. The molecule has 2 aromatic rings. The maximum atomic E-state index is 10.5. The van der Waals surface area contributed by atoms with E-state index in [2.05, 4.69) is 12.2 Å². The Hall–Kier alpha value is -1.23. The number of benzene rings is 2. The van der Waals surface area contributed by atoms with E-state index >= 15 is 0 Å². The van der Waals surface area contributed by atoms with Crippen molar-refractivity contribution in [2.45, 2.75) is 31.2 Å². The molecular weight excluding hydrogens is 282 g/mol. The first kappa shape index (κ1) is 16.1. The molecule has 0 bridgehead atoms. The molecule has 0 heterocycles. The van der Waals surface area contributed by atoms with Crippen molar-refractivity contribution in [3.63, 3.8) is 0 Å². The molecule has 2 rings (SSSR count). The van der Waals surface area contributed by atoms with Crippen molar-refractivity contribution in [2.75, 3.05) is 12.9 Å². The predicted molar refractivity (Wildman–Crippen MR) is 91.0 cm³/mol. The van der Waals surface area contributed by atoms with Crippen LogP contribution in [0.4, 0.5) is 0 Å². The van der Waals surface area contributed by atoms with Crippen LogP contribution in [0.2, 0.25) is 0 Å². The summed E-state index contributed by atoms with van der Waals surface area (Å²) in [4.78, 5) is 0. The van der Waals surface area contributed by atoms with E-state index in [9.17, 15) is 10.2 Å². The van der Waals surface area contributed by atoms with Gasteiger partial charge in [0, 0.05) is 28.3 Å². The van der Waals surface area contributed by atoms with E-state index in [1.165, 1.54) is 0 Å². The number of phenols is 1. The Kier molecular flexibility index (Phi) is 5.51. The van der Waals surface area contributed by atoms with Gasteiger partial charge >= 0.3 is 0 Å². The minimum atomic E-state index is 0.0193. The molecule has 0 aliphatic rings. The summed E-state index contributed by atoms with van der Waals surface area (Å²) in [6, 6.07) is 12.0. The predicted octanol–water partition coefficient (Wildman–Crippen LogP) is 3.31. The molecule has 2 aromatic carbocycles. The van der Waals surface area contributed by atoms with Gasteiger partial charge < -0.3 is 15.5 Å². The second-order valence-electron chi connectivity index (χ2n) is 5.36. The molecule has 0 aliphatic carbocycles. The van der Waals surface area contributed by atoms with Crippen LogP contribution < -0.4 is 5.32 Å². The lowest BCUT2D eigenvalue weighted by Gasteiger charge is -2.26. The minimum Gasteiger partial charge on any atom is -0.507 e. The fraction of sp³-hybridized carbons (Fsp3) is 0.412. The molecule has 0 radical (unpaired) electrons. The van der Waals surface area contributed by atoms with Crippen LogP contribution in [-0.4, -0.2) is 34.4 Å². The van der Waals surface area contributed by atoms with Gasteiger partial charge in [-0.2, -0.15) is 11.8 Å². The van der Waals surface area contributed by atoms with Crippen LogP contribution in [0.25, 0.3) is 10.8 Å². The number of aromatic hydroxyl groups is 1. The molecule has 3 N–H and O–H groups in total. The molecular formula is C17H23NO2S. The van der Waals surface area contributed by atoms with Crippen molar-refractivity contribution in [3.8, 4) is 5.75 Å². The fourth-order valence-electron chi connectivity index (χ4n) is 2.65. The van der Waals surface area contributed by atoms with E-state index in [1.54, 1.807) is 11.8 Å². The first-order valence-corrected chi connectivity index (χ1v) is 8.47. The third kappa shape index (κ3) is 3.51. The Morgan fingerprint density at radius 1 is 1.14 bits per heavy atom. The highest BCUT2D eigenvalue weighted by molar-refractivity contribution is 7.99. The van der Waals surface area contributed by atoms with Crippen molar-refractivity contribution in [3.05, 3.63) is 42.0 Å². The highest BCUT2D eigenvalue weighted by atomic mass is 32.2. The highest BCUT2D eigenvalue weighted by Crippen LogP contribution is 2.32. The topological polar surface area (TPSA) is 52.5 Å². The van der Waals surface area contributed by atoms with Gasteiger partial charge in [-0.1, -0.05) is 36.4 Å². The van der Waals surface area contributed by atoms with Gasteiger partial charge in [0.05, 0.1) is 6.61 Å². The van der Waals surface area contributed by atoms with Crippen LogP contribution in [0.5, 0.6) is 5.75 Å². The Bertz CT molecular complexity index is 598. The smallest absolute Gasteiger partial charge is 0.128 e. The van der Waals surface area contributed by atoms with Crippen molar-refractivity contribution >= 4 is 22.5 Å². The summed E-state index contributed by atoms with van der Waals surface area (Å²) < 4.78 is 0. The standard InChI is InChI=1S/C17H23NO2S/c1-11(18-12(2)16(10-19)21-3)14-9-8-13-6-4-5-7-15(13)17(14)20/h4-9,11-12,16,18-20H,10H2,1-3H3. The number of hydrogen-bond acceptors (Lipinski definition) is 4. The monoisotopic (exact) mass is 305 g/mol. The number of aliphatic hydroxyl groups is 1. The molecule has 3 atom stereocenters. The van der Waals surface area contributed by atoms with Gasteiger partial charge in [0.25, 0.3) is 0 Å². The summed E-state index contributed by atoms with van der Waals surface area (Å²) in [7, 11) is 0. The van der Waals surface area contributed by atoms with Crippen LogP contribution in [-0.2, 0) is 0 Å². The summed E-state index contributed by atoms with van der Waals surface area (Å²) in [6.07, 6.45) is 2.00. The largest absolute Gasteiger partial charge is 0.507 e. The average molecular weight is 305 g/mol. The number of fused-ring (bicyclic) bond motifs is 1. The zero-order valence-electron chi connectivity index (χ0n) is 12.7. The number of nitrogens with one attached hydrogen (secondary N) is 1. The van der Waals surface area contributed by atoms with E-state index < -0.39 is 0 Å². The molecule has 0 saturated carbocycles. The molecule has 0 aromatic heterocycles. The van der Waals surface area contributed by atoms with Crippen LogP contribution in [0.1, 0.15) is 25.5 Å². The Morgan fingerprint density at radius 2 is 1.86 bits per heavy atom. The lowest BCUT2D eigenvalue weighted by Crippen LogP contribution is -2.38. The molecule has 3 nitrogen and oxygen atoms in total. The van der Waals surface area contributed by atoms with Gasteiger partial charge in [-0.05, 0) is 25.5 Å². The van der Waals surface area contributed by atoms with Crippen LogP contribution >= 0.6 is 11.8 Å². The molecule has 0 amide bonds. The number of rotatable bonds is 6. The number of thioether (sulfide) groups is 1. The maximum absolute atomic E-state index is 10.5. The van der Waals surface area contributed by atoms with E-state index in [1.807, 2.05) is 49.6 Å². The molecule has 0 aliphatic heterocycles. The van der Waals surface area contributed by atoms with Gasteiger partial charge in [0.1, 0.15) is 5.75 Å². The van der Waals surface area contributed by atoms with Crippen molar-refractivity contribution in [1.29, 1.82) is 0 Å². The molecule has 0 fully saturated rings. The molecule has 114 valence electrons. The van der Waals surface area contributed by atoms with E-state index in [4.69, 9.17) is 0 Å². The normalized spacial score (nSPS) is 15.8. The highest BCUT2D eigenvalue weighted by Gasteiger charge is 2.20. The lowest BCUT2D eigenvalue weighted by molar-refractivity contribution is 0.271. The van der Waals surface area contributed by atoms with Crippen molar-refractivity contribution in [2.24, 2.45) is 0 Å². The third-order valence-electron chi connectivity index (χ3n) is 3.95. The van der Waals surface area contributed by atoms with Gasteiger partial charge in [0.2, 0.25) is 0 Å². The molecule has 0 saturated heterocycles. The number of phenolic OH excluding ortho intramolecular Hbond substituents is 1. The zero-order chi connectivity index (χ0) is 15.4. The summed E-state index contributed by atoms with van der Waals surface area (Å²) in [5, 5.41) is 25.4. The van der Waals surface area contributed by atoms with Gasteiger partial charge in [0.15, 0.2) is 0 Å². The maximum Gasteiger partial charge on any atom is 0.128 e.